The predicted molar refractivity (Wildman–Crippen MR) is 98.1 cm³/mol. The van der Waals surface area contributed by atoms with Crippen LogP contribution in [0.5, 0.6) is 5.75 Å². The number of benzene rings is 2. The van der Waals surface area contributed by atoms with E-state index in [4.69, 9.17) is 4.84 Å². The van der Waals surface area contributed by atoms with Crippen molar-refractivity contribution < 1.29 is 31.9 Å². The Bertz CT molecular complexity index is 913. The summed E-state index contributed by atoms with van der Waals surface area (Å²) < 4.78 is 58.4. The van der Waals surface area contributed by atoms with Gasteiger partial charge in [-0.25, -0.2) is 8.78 Å². The van der Waals surface area contributed by atoms with Crippen molar-refractivity contribution in [1.29, 1.82) is 0 Å². The van der Waals surface area contributed by atoms with E-state index in [1.54, 1.807) is 0 Å². The molecule has 0 spiro atoms. The van der Waals surface area contributed by atoms with Crippen LogP contribution >= 0.6 is 0 Å². The van der Waals surface area contributed by atoms with Gasteiger partial charge in [0.15, 0.2) is 11.6 Å². The topological polar surface area (TPSA) is 59.9 Å². The number of nitrogens with one attached hydrogen (secondary N) is 1. The van der Waals surface area contributed by atoms with E-state index >= 15 is 0 Å². The number of rotatable bonds is 8. The first-order chi connectivity index (χ1) is 13.8. The maximum atomic E-state index is 14.6. The van der Waals surface area contributed by atoms with Crippen LogP contribution in [-0.2, 0) is 9.63 Å². The molecule has 154 valence electrons. The molecule has 3 rings (SSSR count). The van der Waals surface area contributed by atoms with Gasteiger partial charge in [0.05, 0.1) is 5.56 Å². The number of oxime groups is 1. The lowest BCUT2D eigenvalue weighted by Gasteiger charge is -2.15. The minimum absolute atomic E-state index is 0.201. The molecule has 0 saturated heterocycles. The number of carbonyl (C=O) groups is 1. The summed E-state index contributed by atoms with van der Waals surface area (Å²) in [6.45, 7) is -1.63. The fraction of sp³-hybridized carbons (Fsp3) is 0.300. The van der Waals surface area contributed by atoms with E-state index in [0.717, 1.165) is 18.9 Å². The van der Waals surface area contributed by atoms with E-state index < -0.39 is 29.6 Å². The molecule has 1 aliphatic carbocycles. The zero-order chi connectivity index (χ0) is 21.0. The molecule has 2 aromatic rings. The highest BCUT2D eigenvalue weighted by molar-refractivity contribution is 6.14. The summed E-state index contributed by atoms with van der Waals surface area (Å²) in [6, 6.07) is 7.57. The van der Waals surface area contributed by atoms with Gasteiger partial charge in [-0.2, -0.15) is 8.78 Å². The minimum atomic E-state index is -3.24. The molecule has 1 saturated carbocycles. The van der Waals surface area contributed by atoms with Crippen molar-refractivity contribution in [2.45, 2.75) is 26.4 Å². The molecule has 0 aromatic heterocycles. The summed E-state index contributed by atoms with van der Waals surface area (Å²) >= 11 is 0. The number of carbonyl (C=O) groups excluding carboxylic acids is 1. The zero-order valence-corrected chi connectivity index (χ0v) is 15.4. The standard InChI is InChI=1S/C20H18F4N2O3/c1-11(27)25-14-6-4-13(5-7-14)19(26-28-10-12-2-3-12)17-16(29-20(23)24)9-8-15(21)18(17)22/h4-9,12,20H,2-3,10H2,1H3,(H,25,27)/b26-19+. The molecule has 0 atom stereocenters. The van der Waals surface area contributed by atoms with Gasteiger partial charge < -0.3 is 14.9 Å². The lowest BCUT2D eigenvalue weighted by atomic mass is 10.0. The highest BCUT2D eigenvalue weighted by Crippen LogP contribution is 2.31. The van der Waals surface area contributed by atoms with Crippen molar-refractivity contribution in [2.24, 2.45) is 11.1 Å². The van der Waals surface area contributed by atoms with Crippen LogP contribution in [-0.4, -0.2) is 24.8 Å². The average molecular weight is 410 g/mol. The van der Waals surface area contributed by atoms with E-state index in [2.05, 4.69) is 15.2 Å². The largest absolute Gasteiger partial charge is 0.434 e. The van der Waals surface area contributed by atoms with Gasteiger partial charge in [0.1, 0.15) is 18.1 Å². The van der Waals surface area contributed by atoms with E-state index in [9.17, 15) is 22.4 Å². The molecule has 9 heteroatoms. The lowest BCUT2D eigenvalue weighted by molar-refractivity contribution is -0.114. The molecule has 1 amide bonds. The maximum absolute atomic E-state index is 14.6. The molecule has 5 nitrogen and oxygen atoms in total. The normalized spacial score (nSPS) is 14.1. The Balaban J connectivity index is 2.03. The van der Waals surface area contributed by atoms with Gasteiger partial charge >= 0.3 is 6.61 Å². The second-order valence-corrected chi connectivity index (χ2v) is 6.55. The molecule has 0 radical (unpaired) electrons. The van der Waals surface area contributed by atoms with Crippen LogP contribution in [0, 0.1) is 17.6 Å². The van der Waals surface area contributed by atoms with Crippen LogP contribution in [0.25, 0.3) is 0 Å². The third-order valence-electron chi connectivity index (χ3n) is 4.15. The first-order valence-electron chi connectivity index (χ1n) is 8.86. The fourth-order valence-electron chi connectivity index (χ4n) is 2.60. The van der Waals surface area contributed by atoms with Gasteiger partial charge in [-0.05, 0) is 43.0 Å². The second kappa shape index (κ2) is 8.93. The van der Waals surface area contributed by atoms with Crippen LogP contribution in [0.1, 0.15) is 30.9 Å². The minimum Gasteiger partial charge on any atom is -0.434 e. The number of alkyl halides is 2. The van der Waals surface area contributed by atoms with Crippen molar-refractivity contribution >= 4 is 17.3 Å². The number of hydrogen-bond donors (Lipinski definition) is 1. The summed E-state index contributed by atoms with van der Waals surface area (Å²) in [6.07, 6.45) is 1.95. The average Bonchev–Trinajstić information content (AvgIpc) is 3.47. The van der Waals surface area contributed by atoms with Crippen LogP contribution in [0.4, 0.5) is 23.2 Å². The third-order valence-corrected chi connectivity index (χ3v) is 4.15. The predicted octanol–water partition coefficient (Wildman–Crippen LogP) is 4.70. The molecule has 0 heterocycles. The molecule has 1 aliphatic rings. The Morgan fingerprint density at radius 3 is 2.45 bits per heavy atom. The summed E-state index contributed by atoms with van der Waals surface area (Å²) in [5.74, 6) is -3.16. The summed E-state index contributed by atoms with van der Waals surface area (Å²) in [4.78, 5) is 16.4. The molecule has 0 aliphatic heterocycles. The number of halogens is 4. The fourth-order valence-corrected chi connectivity index (χ4v) is 2.60. The Labute approximate surface area is 164 Å². The van der Waals surface area contributed by atoms with Gasteiger partial charge in [-0.1, -0.05) is 17.3 Å². The van der Waals surface area contributed by atoms with Gasteiger partial charge in [-0.3, -0.25) is 4.79 Å². The molecule has 0 bridgehead atoms. The van der Waals surface area contributed by atoms with Gasteiger partial charge in [0.2, 0.25) is 5.91 Å². The van der Waals surface area contributed by atoms with Crippen molar-refractivity contribution in [3.8, 4) is 5.75 Å². The third kappa shape index (κ3) is 5.46. The summed E-state index contributed by atoms with van der Waals surface area (Å²) in [5.41, 5.74) is -0.0529. The smallest absolute Gasteiger partial charge is 0.387 e. The number of hydrogen-bond acceptors (Lipinski definition) is 4. The highest BCUT2D eigenvalue weighted by Gasteiger charge is 2.25. The number of nitrogens with zero attached hydrogens (tertiary/aromatic N) is 1. The van der Waals surface area contributed by atoms with Crippen LogP contribution in [0.15, 0.2) is 41.6 Å². The first kappa shape index (κ1) is 20.6. The first-order valence-corrected chi connectivity index (χ1v) is 8.86. The van der Waals surface area contributed by atoms with E-state index in [-0.39, 0.29) is 23.8 Å². The van der Waals surface area contributed by atoms with Gasteiger partial charge in [-0.15, -0.1) is 0 Å². The van der Waals surface area contributed by atoms with Crippen LogP contribution < -0.4 is 10.1 Å². The lowest BCUT2D eigenvalue weighted by Crippen LogP contribution is -2.14. The molecule has 2 aromatic carbocycles. The Hall–Kier alpha value is -3.10. The van der Waals surface area contributed by atoms with Crippen molar-refractivity contribution in [2.75, 3.05) is 11.9 Å². The quantitative estimate of drug-likeness (QED) is 0.390. The van der Waals surface area contributed by atoms with Crippen molar-refractivity contribution in [3.05, 3.63) is 59.2 Å². The molecule has 1 N–H and O–H groups in total. The number of amides is 1. The number of ether oxygens (including phenoxy) is 1. The number of anilines is 1. The van der Waals surface area contributed by atoms with Gasteiger partial charge in [0, 0.05) is 18.2 Å². The molecule has 1 fully saturated rings. The maximum Gasteiger partial charge on any atom is 0.387 e. The van der Waals surface area contributed by atoms with Crippen molar-refractivity contribution in [1.82, 2.24) is 0 Å². The van der Waals surface area contributed by atoms with Crippen LogP contribution in [0.3, 0.4) is 0 Å². The molecular formula is C20H18F4N2O3. The molecule has 29 heavy (non-hydrogen) atoms. The Morgan fingerprint density at radius 2 is 1.86 bits per heavy atom. The summed E-state index contributed by atoms with van der Waals surface area (Å²) in [7, 11) is 0. The van der Waals surface area contributed by atoms with E-state index in [1.165, 1.54) is 31.2 Å². The zero-order valence-electron chi connectivity index (χ0n) is 15.4. The van der Waals surface area contributed by atoms with Gasteiger partial charge in [0.25, 0.3) is 0 Å². The Kier molecular flexibility index (Phi) is 6.36. The van der Waals surface area contributed by atoms with Crippen LogP contribution in [0.2, 0.25) is 0 Å². The molecular weight excluding hydrogens is 392 g/mol. The monoisotopic (exact) mass is 410 g/mol. The SMILES string of the molecule is CC(=O)Nc1ccc(/C(=N\OCC2CC2)c2c(OC(F)F)ccc(F)c2F)cc1. The second-order valence-electron chi connectivity index (χ2n) is 6.55. The molecule has 0 unspecified atom stereocenters. The van der Waals surface area contributed by atoms with E-state index in [0.29, 0.717) is 17.7 Å². The van der Waals surface area contributed by atoms with E-state index in [1.807, 2.05) is 0 Å². The summed E-state index contributed by atoms with van der Waals surface area (Å²) in [5, 5.41) is 6.47. The van der Waals surface area contributed by atoms with Crippen molar-refractivity contribution in [3.63, 3.8) is 0 Å². The highest BCUT2D eigenvalue weighted by atomic mass is 19.3. The Morgan fingerprint density at radius 1 is 1.17 bits per heavy atom.